The van der Waals surface area contributed by atoms with Gasteiger partial charge in [-0.3, -0.25) is 5.43 Å². The summed E-state index contributed by atoms with van der Waals surface area (Å²) in [6.07, 6.45) is 1.51. The summed E-state index contributed by atoms with van der Waals surface area (Å²) >= 11 is 12.4. The van der Waals surface area contributed by atoms with Crippen LogP contribution < -0.4 is 10.8 Å². The van der Waals surface area contributed by atoms with Crippen molar-refractivity contribution in [2.45, 2.75) is 6.92 Å². The average molecular weight is 447 g/mol. The van der Waals surface area contributed by atoms with Gasteiger partial charge < -0.3 is 4.42 Å². The summed E-state index contributed by atoms with van der Waals surface area (Å²) in [4.78, 5) is 8.64. The van der Waals surface area contributed by atoms with E-state index in [9.17, 15) is 0 Å². The van der Waals surface area contributed by atoms with Crippen LogP contribution in [0.3, 0.4) is 0 Å². The SMILES string of the molecule is Cc1cc2oc(-c3ccc(Cl)cc3)c/c(=N\Nc3ncnc4ccccc34)c2cc1Cl. The molecule has 5 aromatic rings. The Labute approximate surface area is 188 Å². The maximum absolute atomic E-state index is 6.39. The van der Waals surface area contributed by atoms with E-state index >= 15 is 0 Å². The zero-order valence-corrected chi connectivity index (χ0v) is 17.9. The highest BCUT2D eigenvalue weighted by Crippen LogP contribution is 2.27. The van der Waals surface area contributed by atoms with E-state index in [4.69, 9.17) is 27.6 Å². The van der Waals surface area contributed by atoms with Crippen LogP contribution in [0.2, 0.25) is 10.0 Å². The topological polar surface area (TPSA) is 63.3 Å². The quantitative estimate of drug-likeness (QED) is 0.317. The van der Waals surface area contributed by atoms with E-state index in [2.05, 4.69) is 20.5 Å². The van der Waals surface area contributed by atoms with E-state index in [1.54, 1.807) is 0 Å². The Morgan fingerprint density at radius 1 is 0.903 bits per heavy atom. The van der Waals surface area contributed by atoms with Gasteiger partial charge in [-0.2, -0.15) is 5.10 Å². The van der Waals surface area contributed by atoms with Crippen LogP contribution in [0.25, 0.3) is 33.2 Å². The molecule has 0 amide bonds. The molecular weight excluding hydrogens is 431 g/mol. The number of nitrogens with zero attached hydrogens (tertiary/aromatic N) is 3. The number of nitrogens with one attached hydrogen (secondary N) is 1. The van der Waals surface area contributed by atoms with Crippen molar-refractivity contribution < 1.29 is 4.42 Å². The lowest BCUT2D eigenvalue weighted by Gasteiger charge is -2.08. The molecule has 0 atom stereocenters. The molecule has 0 aliphatic heterocycles. The lowest BCUT2D eigenvalue weighted by molar-refractivity contribution is 0.618. The molecule has 0 fully saturated rings. The number of rotatable bonds is 3. The molecule has 31 heavy (non-hydrogen) atoms. The third-order valence-electron chi connectivity index (χ3n) is 4.98. The van der Waals surface area contributed by atoms with Crippen LogP contribution in [0.15, 0.2) is 82.6 Å². The van der Waals surface area contributed by atoms with Gasteiger partial charge in [-0.1, -0.05) is 35.3 Å². The van der Waals surface area contributed by atoms with Gasteiger partial charge in [-0.15, -0.1) is 0 Å². The van der Waals surface area contributed by atoms with Crippen LogP contribution in [0.1, 0.15) is 5.56 Å². The largest absolute Gasteiger partial charge is 0.456 e. The summed E-state index contributed by atoms with van der Waals surface area (Å²) in [5.41, 5.74) is 6.42. The molecule has 0 unspecified atom stereocenters. The summed E-state index contributed by atoms with van der Waals surface area (Å²) in [6.45, 7) is 1.94. The van der Waals surface area contributed by atoms with Crippen molar-refractivity contribution in [1.29, 1.82) is 0 Å². The molecule has 3 aromatic carbocycles. The second-order valence-corrected chi connectivity index (χ2v) is 7.91. The number of fused-ring (bicyclic) bond motifs is 2. The van der Waals surface area contributed by atoms with Gasteiger partial charge in [0.25, 0.3) is 0 Å². The maximum Gasteiger partial charge on any atom is 0.157 e. The summed E-state index contributed by atoms with van der Waals surface area (Å²) in [7, 11) is 0. The molecule has 152 valence electrons. The van der Waals surface area contributed by atoms with Crippen molar-refractivity contribution in [3.8, 4) is 11.3 Å². The molecule has 0 radical (unpaired) electrons. The third-order valence-corrected chi connectivity index (χ3v) is 5.64. The fourth-order valence-electron chi connectivity index (χ4n) is 3.35. The Balaban J connectivity index is 1.70. The standard InChI is InChI=1S/C24H16Cl2N4O/c1-14-10-23-18(11-19(14)26)21(12-22(31-23)15-6-8-16(25)9-7-15)29-30-24-17-4-2-3-5-20(17)27-13-28-24/h2-13H,1H3,(H,27,28,30)/b29-21+. The van der Waals surface area contributed by atoms with Crippen molar-refractivity contribution in [2.75, 3.05) is 5.43 Å². The predicted molar refractivity (Wildman–Crippen MR) is 125 cm³/mol. The highest BCUT2D eigenvalue weighted by molar-refractivity contribution is 6.32. The van der Waals surface area contributed by atoms with E-state index in [0.717, 1.165) is 27.4 Å². The first kappa shape index (κ1) is 19.5. The minimum Gasteiger partial charge on any atom is -0.456 e. The second kappa shape index (κ2) is 8.02. The lowest BCUT2D eigenvalue weighted by atomic mass is 10.1. The van der Waals surface area contributed by atoms with Crippen LogP contribution in [-0.2, 0) is 0 Å². The van der Waals surface area contributed by atoms with Gasteiger partial charge in [-0.05, 0) is 61.0 Å². The van der Waals surface area contributed by atoms with Crippen molar-refractivity contribution in [3.05, 3.63) is 94.0 Å². The van der Waals surface area contributed by atoms with E-state index < -0.39 is 0 Å². The zero-order chi connectivity index (χ0) is 21.4. The summed E-state index contributed by atoms with van der Waals surface area (Å²) < 4.78 is 6.17. The first-order chi connectivity index (χ1) is 15.1. The molecule has 0 spiro atoms. The normalized spacial score (nSPS) is 11.9. The lowest BCUT2D eigenvalue weighted by Crippen LogP contribution is -2.08. The fourth-order valence-corrected chi connectivity index (χ4v) is 3.64. The Kier molecular flexibility index (Phi) is 5.06. The molecule has 0 saturated heterocycles. The maximum atomic E-state index is 6.39. The Bertz CT molecular complexity index is 1490. The molecule has 5 nitrogen and oxygen atoms in total. The van der Waals surface area contributed by atoms with Crippen LogP contribution >= 0.6 is 23.2 Å². The summed E-state index contributed by atoms with van der Waals surface area (Å²) in [6, 6.07) is 20.9. The Morgan fingerprint density at radius 3 is 2.55 bits per heavy atom. The van der Waals surface area contributed by atoms with Gasteiger partial charge in [0, 0.05) is 32.4 Å². The number of aryl methyl sites for hydroxylation is 1. The fraction of sp³-hybridized carbons (Fsp3) is 0.0417. The van der Waals surface area contributed by atoms with Gasteiger partial charge in [0.05, 0.1) is 10.9 Å². The first-order valence-corrected chi connectivity index (χ1v) is 10.3. The van der Waals surface area contributed by atoms with E-state index in [1.165, 1.54) is 6.33 Å². The van der Waals surface area contributed by atoms with Crippen LogP contribution in [-0.4, -0.2) is 9.97 Å². The minimum absolute atomic E-state index is 0.616. The number of anilines is 1. The molecule has 7 heteroatoms. The van der Waals surface area contributed by atoms with Gasteiger partial charge in [0.2, 0.25) is 0 Å². The number of hydrogen-bond acceptors (Lipinski definition) is 5. The van der Waals surface area contributed by atoms with Gasteiger partial charge in [-0.25, -0.2) is 9.97 Å². The van der Waals surface area contributed by atoms with Crippen LogP contribution in [0.5, 0.6) is 0 Å². The van der Waals surface area contributed by atoms with Crippen molar-refractivity contribution in [3.63, 3.8) is 0 Å². The average Bonchev–Trinajstić information content (AvgIpc) is 2.79. The van der Waals surface area contributed by atoms with Gasteiger partial charge in [0.15, 0.2) is 5.82 Å². The van der Waals surface area contributed by atoms with Crippen molar-refractivity contribution in [1.82, 2.24) is 9.97 Å². The molecule has 2 aromatic heterocycles. The third kappa shape index (κ3) is 3.85. The van der Waals surface area contributed by atoms with Crippen molar-refractivity contribution in [2.24, 2.45) is 5.10 Å². The molecular formula is C24H16Cl2N4O. The Hall–Kier alpha value is -3.41. The van der Waals surface area contributed by atoms with E-state index in [0.29, 0.717) is 32.6 Å². The molecule has 0 saturated carbocycles. The summed E-state index contributed by atoms with van der Waals surface area (Å²) in [5.74, 6) is 1.28. The predicted octanol–water partition coefficient (Wildman–Crippen LogP) is 6.59. The monoisotopic (exact) mass is 446 g/mol. The molecule has 5 rings (SSSR count). The van der Waals surface area contributed by atoms with Gasteiger partial charge in [0.1, 0.15) is 17.7 Å². The highest BCUT2D eigenvalue weighted by atomic mass is 35.5. The zero-order valence-electron chi connectivity index (χ0n) is 16.4. The number of aromatic nitrogens is 2. The Morgan fingerprint density at radius 2 is 1.71 bits per heavy atom. The van der Waals surface area contributed by atoms with Crippen molar-refractivity contribution >= 4 is 50.9 Å². The number of hydrogen-bond donors (Lipinski definition) is 1. The number of halogens is 2. The summed E-state index contributed by atoms with van der Waals surface area (Å²) in [5, 5.41) is 8.30. The molecule has 0 aliphatic rings. The molecule has 2 heterocycles. The molecule has 0 aliphatic carbocycles. The minimum atomic E-state index is 0.616. The number of benzene rings is 3. The smallest absolute Gasteiger partial charge is 0.157 e. The van der Waals surface area contributed by atoms with E-state index in [1.807, 2.05) is 73.7 Å². The molecule has 0 bridgehead atoms. The van der Waals surface area contributed by atoms with Crippen LogP contribution in [0, 0.1) is 6.92 Å². The van der Waals surface area contributed by atoms with E-state index in [-0.39, 0.29) is 0 Å². The highest BCUT2D eigenvalue weighted by Gasteiger charge is 2.09. The second-order valence-electron chi connectivity index (χ2n) is 7.06. The molecule has 1 N–H and O–H groups in total. The first-order valence-electron chi connectivity index (χ1n) is 9.58. The number of para-hydroxylation sites is 1. The van der Waals surface area contributed by atoms with Gasteiger partial charge >= 0.3 is 0 Å². The van der Waals surface area contributed by atoms with Crippen LogP contribution in [0.4, 0.5) is 5.82 Å².